The van der Waals surface area contributed by atoms with Gasteiger partial charge in [-0.05, 0) is 39.4 Å². The molecule has 0 aliphatic carbocycles. The normalized spacial score (nSPS) is 16.7. The van der Waals surface area contributed by atoms with E-state index in [-0.39, 0.29) is 42.8 Å². The zero-order valence-corrected chi connectivity index (χ0v) is 15.1. The summed E-state index contributed by atoms with van der Waals surface area (Å²) in [6, 6.07) is 8.24. The molecule has 1 aliphatic heterocycles. The first kappa shape index (κ1) is 21.2. The summed E-state index contributed by atoms with van der Waals surface area (Å²) in [4.78, 5) is 16.7. The van der Waals surface area contributed by atoms with Crippen LogP contribution in [-0.2, 0) is 4.79 Å². The number of hydrogen-bond acceptors (Lipinski definition) is 3. The van der Waals surface area contributed by atoms with Gasteiger partial charge in [0.05, 0.1) is 0 Å². The standard InChI is InChI=1S/C16H25N3O.2ClH/c1-12-5-4-6-13(11-12)15(18(2)3)16(20)19-9-7-14(17)8-10-19;;/h4-6,11,14-15H,7-10,17H2,1-3H3;2*1H. The van der Waals surface area contributed by atoms with Crippen LogP contribution in [0.2, 0.25) is 0 Å². The third-order valence-electron chi connectivity index (χ3n) is 3.96. The van der Waals surface area contributed by atoms with Gasteiger partial charge in [0.2, 0.25) is 5.91 Å². The van der Waals surface area contributed by atoms with Crippen LogP contribution in [0, 0.1) is 6.92 Å². The Morgan fingerprint density at radius 2 is 1.86 bits per heavy atom. The quantitative estimate of drug-likeness (QED) is 0.913. The van der Waals surface area contributed by atoms with E-state index in [1.165, 1.54) is 5.56 Å². The van der Waals surface area contributed by atoms with Gasteiger partial charge in [0, 0.05) is 19.1 Å². The van der Waals surface area contributed by atoms with Crippen LogP contribution in [-0.4, -0.2) is 48.9 Å². The molecule has 0 radical (unpaired) electrons. The fourth-order valence-electron chi connectivity index (χ4n) is 2.79. The molecular formula is C16H27Cl2N3O. The van der Waals surface area contributed by atoms with Crippen molar-refractivity contribution < 1.29 is 4.79 Å². The van der Waals surface area contributed by atoms with Crippen LogP contribution in [0.4, 0.5) is 0 Å². The van der Waals surface area contributed by atoms with Crippen molar-refractivity contribution in [2.75, 3.05) is 27.2 Å². The number of nitrogens with zero attached hydrogens (tertiary/aromatic N) is 2. The molecule has 1 amide bonds. The van der Waals surface area contributed by atoms with Crippen LogP contribution in [0.3, 0.4) is 0 Å². The molecule has 1 saturated heterocycles. The van der Waals surface area contributed by atoms with Crippen LogP contribution < -0.4 is 5.73 Å². The highest BCUT2D eigenvalue weighted by Crippen LogP contribution is 2.23. The Labute approximate surface area is 145 Å². The van der Waals surface area contributed by atoms with Gasteiger partial charge in [-0.1, -0.05) is 29.8 Å². The molecule has 0 spiro atoms. The minimum atomic E-state index is -0.204. The van der Waals surface area contributed by atoms with Gasteiger partial charge in [-0.2, -0.15) is 0 Å². The summed E-state index contributed by atoms with van der Waals surface area (Å²) in [6.07, 6.45) is 1.80. The van der Waals surface area contributed by atoms with E-state index in [1.807, 2.05) is 36.0 Å². The number of aryl methyl sites for hydroxylation is 1. The number of amides is 1. The fourth-order valence-corrected chi connectivity index (χ4v) is 2.79. The Balaban J connectivity index is 0.00000220. The molecule has 1 unspecified atom stereocenters. The zero-order chi connectivity index (χ0) is 14.7. The Kier molecular flexibility index (Phi) is 9.01. The lowest BCUT2D eigenvalue weighted by Crippen LogP contribution is -2.47. The number of nitrogens with two attached hydrogens (primary N) is 1. The minimum Gasteiger partial charge on any atom is -0.341 e. The van der Waals surface area contributed by atoms with Gasteiger partial charge >= 0.3 is 0 Å². The minimum absolute atomic E-state index is 0. The molecule has 1 heterocycles. The number of carbonyl (C=O) groups is 1. The molecular weight excluding hydrogens is 321 g/mol. The summed E-state index contributed by atoms with van der Waals surface area (Å²) in [7, 11) is 3.92. The summed E-state index contributed by atoms with van der Waals surface area (Å²) in [5.41, 5.74) is 8.16. The molecule has 1 aromatic carbocycles. The number of likely N-dealkylation sites (N-methyl/N-ethyl adjacent to an activating group) is 1. The molecule has 6 heteroatoms. The Hall–Kier alpha value is -0.810. The van der Waals surface area contributed by atoms with Gasteiger partial charge in [-0.25, -0.2) is 0 Å². The maximum Gasteiger partial charge on any atom is 0.244 e. The largest absolute Gasteiger partial charge is 0.341 e. The molecule has 1 fully saturated rings. The van der Waals surface area contributed by atoms with Crippen molar-refractivity contribution in [3.8, 4) is 0 Å². The molecule has 22 heavy (non-hydrogen) atoms. The van der Waals surface area contributed by atoms with Crippen molar-refractivity contribution in [2.45, 2.75) is 31.8 Å². The highest BCUT2D eigenvalue weighted by Gasteiger charge is 2.29. The lowest BCUT2D eigenvalue weighted by molar-refractivity contribution is -0.137. The molecule has 1 aliphatic rings. The van der Waals surface area contributed by atoms with Crippen LogP contribution in [0.25, 0.3) is 0 Å². The highest BCUT2D eigenvalue weighted by atomic mass is 35.5. The second-order valence-electron chi connectivity index (χ2n) is 5.94. The van der Waals surface area contributed by atoms with Crippen molar-refractivity contribution in [1.82, 2.24) is 9.80 Å². The maximum absolute atomic E-state index is 12.8. The van der Waals surface area contributed by atoms with E-state index >= 15 is 0 Å². The molecule has 0 saturated carbocycles. The molecule has 1 atom stereocenters. The van der Waals surface area contributed by atoms with E-state index < -0.39 is 0 Å². The van der Waals surface area contributed by atoms with Crippen molar-refractivity contribution in [3.63, 3.8) is 0 Å². The number of halogens is 2. The number of benzene rings is 1. The van der Waals surface area contributed by atoms with Gasteiger partial charge in [0.25, 0.3) is 0 Å². The topological polar surface area (TPSA) is 49.6 Å². The predicted molar refractivity (Wildman–Crippen MR) is 95.9 cm³/mol. The van der Waals surface area contributed by atoms with E-state index in [0.717, 1.165) is 31.5 Å². The summed E-state index contributed by atoms with van der Waals surface area (Å²) < 4.78 is 0. The highest BCUT2D eigenvalue weighted by molar-refractivity contribution is 5.85. The maximum atomic E-state index is 12.8. The van der Waals surface area contributed by atoms with E-state index in [1.54, 1.807) is 0 Å². The first-order valence-electron chi connectivity index (χ1n) is 7.26. The molecule has 4 nitrogen and oxygen atoms in total. The summed E-state index contributed by atoms with van der Waals surface area (Å²) >= 11 is 0. The summed E-state index contributed by atoms with van der Waals surface area (Å²) in [6.45, 7) is 3.60. The van der Waals surface area contributed by atoms with Crippen LogP contribution in [0.5, 0.6) is 0 Å². The number of carbonyl (C=O) groups excluding carboxylic acids is 1. The van der Waals surface area contributed by atoms with E-state index in [4.69, 9.17) is 5.73 Å². The van der Waals surface area contributed by atoms with Gasteiger partial charge in [0.1, 0.15) is 6.04 Å². The average molecular weight is 348 g/mol. The lowest BCUT2D eigenvalue weighted by atomic mass is 10.00. The van der Waals surface area contributed by atoms with Crippen LogP contribution in [0.1, 0.15) is 30.0 Å². The van der Waals surface area contributed by atoms with Crippen LogP contribution in [0.15, 0.2) is 24.3 Å². The second kappa shape index (κ2) is 9.36. The smallest absolute Gasteiger partial charge is 0.244 e. The fraction of sp³-hybridized carbons (Fsp3) is 0.562. The molecule has 0 aromatic heterocycles. The number of rotatable bonds is 3. The van der Waals surface area contributed by atoms with Crippen molar-refractivity contribution in [1.29, 1.82) is 0 Å². The zero-order valence-electron chi connectivity index (χ0n) is 13.5. The van der Waals surface area contributed by atoms with E-state index in [0.29, 0.717) is 0 Å². The third kappa shape index (κ3) is 5.13. The Bertz CT molecular complexity index is 474. The first-order valence-corrected chi connectivity index (χ1v) is 7.26. The monoisotopic (exact) mass is 347 g/mol. The average Bonchev–Trinajstić information content (AvgIpc) is 2.39. The predicted octanol–water partition coefficient (Wildman–Crippen LogP) is 2.39. The first-order chi connectivity index (χ1) is 9.49. The number of piperidine rings is 1. The number of hydrogen-bond donors (Lipinski definition) is 1. The summed E-state index contributed by atoms with van der Waals surface area (Å²) in [5.74, 6) is 0.188. The molecule has 1 aromatic rings. The van der Waals surface area contributed by atoms with Gasteiger partial charge in [-0.3, -0.25) is 9.69 Å². The molecule has 0 bridgehead atoms. The van der Waals surface area contributed by atoms with Crippen molar-refractivity contribution >= 4 is 30.7 Å². The molecule has 2 N–H and O–H groups in total. The van der Waals surface area contributed by atoms with Crippen LogP contribution >= 0.6 is 24.8 Å². The third-order valence-corrected chi connectivity index (χ3v) is 3.96. The lowest BCUT2D eigenvalue weighted by Gasteiger charge is -2.35. The molecule has 2 rings (SSSR count). The molecule has 126 valence electrons. The second-order valence-corrected chi connectivity index (χ2v) is 5.94. The van der Waals surface area contributed by atoms with Gasteiger partial charge < -0.3 is 10.6 Å². The summed E-state index contributed by atoms with van der Waals surface area (Å²) in [5, 5.41) is 0. The van der Waals surface area contributed by atoms with Crippen molar-refractivity contribution in [2.24, 2.45) is 5.73 Å². The Morgan fingerprint density at radius 1 is 1.27 bits per heavy atom. The number of likely N-dealkylation sites (tertiary alicyclic amines) is 1. The van der Waals surface area contributed by atoms with Crippen molar-refractivity contribution in [3.05, 3.63) is 35.4 Å². The van der Waals surface area contributed by atoms with E-state index in [9.17, 15) is 4.79 Å². The van der Waals surface area contributed by atoms with Gasteiger partial charge in [-0.15, -0.1) is 24.8 Å². The Morgan fingerprint density at radius 3 is 2.36 bits per heavy atom. The van der Waals surface area contributed by atoms with Gasteiger partial charge in [0.15, 0.2) is 0 Å². The SMILES string of the molecule is Cc1cccc(C(C(=O)N2CCC(N)CC2)N(C)C)c1.Cl.Cl. The van der Waals surface area contributed by atoms with E-state index in [2.05, 4.69) is 19.1 Å².